The fraction of sp³-hybridized carbons (Fsp3) is 0.435. The van der Waals surface area contributed by atoms with Crippen molar-refractivity contribution in [2.45, 2.75) is 65.8 Å². The Morgan fingerprint density at radius 1 is 0.880 bits per heavy atom. The summed E-state index contributed by atoms with van der Waals surface area (Å²) in [5, 5.41) is 0. The molecule has 2 heteroatoms. The number of aryl methyl sites for hydroxylation is 3. The van der Waals surface area contributed by atoms with Crippen molar-refractivity contribution in [3.8, 4) is 11.4 Å². The Morgan fingerprint density at radius 3 is 2.44 bits per heavy atom. The molecule has 1 aromatic heterocycles. The molecule has 0 aliphatic heterocycles. The average molecular weight is 335 g/mol. The number of rotatable bonds is 8. The standard InChI is InChI=1S/C23H30N2/c1-4-5-6-7-8-11-16-25-22-13-10-9-12-21(22)24-23(25)20-15-14-18(2)17-19(20)3/h9-10,12-15,17H,4-8,11,16H2,1-3H3. The lowest BCUT2D eigenvalue weighted by Crippen LogP contribution is -2.02. The predicted octanol–water partition coefficient (Wildman–Crippen LogP) is 6.68. The molecule has 0 spiro atoms. The van der Waals surface area contributed by atoms with E-state index in [9.17, 15) is 0 Å². The summed E-state index contributed by atoms with van der Waals surface area (Å²) in [6, 6.07) is 15.2. The number of benzene rings is 2. The molecule has 0 unspecified atom stereocenters. The highest BCUT2D eigenvalue weighted by Crippen LogP contribution is 2.28. The molecule has 25 heavy (non-hydrogen) atoms. The van der Waals surface area contributed by atoms with Gasteiger partial charge in [-0.25, -0.2) is 4.98 Å². The molecule has 0 radical (unpaired) electrons. The molecule has 0 fully saturated rings. The highest BCUT2D eigenvalue weighted by Gasteiger charge is 2.13. The van der Waals surface area contributed by atoms with Gasteiger partial charge in [0.25, 0.3) is 0 Å². The molecule has 0 amide bonds. The highest BCUT2D eigenvalue weighted by atomic mass is 15.1. The van der Waals surface area contributed by atoms with Crippen LogP contribution in [0.25, 0.3) is 22.4 Å². The SMILES string of the molecule is CCCCCCCCn1c(-c2ccc(C)cc2C)nc2ccccc21. The Balaban J connectivity index is 1.87. The number of fused-ring (bicyclic) bond motifs is 1. The van der Waals surface area contributed by atoms with Crippen molar-refractivity contribution in [1.82, 2.24) is 9.55 Å². The lowest BCUT2D eigenvalue weighted by Gasteiger charge is -2.12. The number of hydrogen-bond donors (Lipinski definition) is 0. The maximum absolute atomic E-state index is 4.96. The fourth-order valence-corrected chi connectivity index (χ4v) is 3.62. The van der Waals surface area contributed by atoms with Crippen molar-refractivity contribution in [3.05, 3.63) is 53.6 Å². The molecule has 0 aliphatic rings. The van der Waals surface area contributed by atoms with Crippen LogP contribution in [0.4, 0.5) is 0 Å². The molecule has 132 valence electrons. The molecule has 0 saturated carbocycles. The van der Waals surface area contributed by atoms with Crippen molar-refractivity contribution in [2.24, 2.45) is 0 Å². The molecule has 0 atom stereocenters. The molecule has 2 aromatic carbocycles. The van der Waals surface area contributed by atoms with Gasteiger partial charge in [0, 0.05) is 12.1 Å². The van der Waals surface area contributed by atoms with E-state index < -0.39 is 0 Å². The van der Waals surface area contributed by atoms with Gasteiger partial charge >= 0.3 is 0 Å². The maximum atomic E-state index is 4.96. The van der Waals surface area contributed by atoms with Gasteiger partial charge in [0.2, 0.25) is 0 Å². The van der Waals surface area contributed by atoms with E-state index in [1.54, 1.807) is 0 Å². The molecule has 0 saturated heterocycles. The number of imidazole rings is 1. The zero-order valence-corrected chi connectivity index (χ0v) is 15.9. The Hall–Kier alpha value is -2.09. The first-order chi connectivity index (χ1) is 12.2. The number of para-hydroxylation sites is 2. The highest BCUT2D eigenvalue weighted by molar-refractivity contribution is 5.81. The summed E-state index contributed by atoms with van der Waals surface area (Å²) in [6.45, 7) is 7.66. The summed E-state index contributed by atoms with van der Waals surface area (Å²) in [6.07, 6.45) is 7.91. The third kappa shape index (κ3) is 4.12. The fourth-order valence-electron chi connectivity index (χ4n) is 3.62. The van der Waals surface area contributed by atoms with Crippen LogP contribution in [0.5, 0.6) is 0 Å². The second-order valence-corrected chi connectivity index (χ2v) is 7.16. The Labute approximate surface area is 151 Å². The molecule has 2 nitrogen and oxygen atoms in total. The van der Waals surface area contributed by atoms with Gasteiger partial charge in [0.1, 0.15) is 5.82 Å². The maximum Gasteiger partial charge on any atom is 0.141 e. The van der Waals surface area contributed by atoms with Gasteiger partial charge < -0.3 is 4.57 Å². The van der Waals surface area contributed by atoms with E-state index in [0.29, 0.717) is 0 Å². The summed E-state index contributed by atoms with van der Waals surface area (Å²) >= 11 is 0. The first-order valence-corrected chi connectivity index (χ1v) is 9.73. The van der Waals surface area contributed by atoms with Gasteiger partial charge in [-0.15, -0.1) is 0 Å². The van der Waals surface area contributed by atoms with E-state index >= 15 is 0 Å². The van der Waals surface area contributed by atoms with Gasteiger partial charge in [0.15, 0.2) is 0 Å². The third-order valence-corrected chi connectivity index (χ3v) is 5.01. The van der Waals surface area contributed by atoms with Gasteiger partial charge in [-0.3, -0.25) is 0 Å². The van der Waals surface area contributed by atoms with E-state index in [4.69, 9.17) is 4.98 Å². The van der Waals surface area contributed by atoms with Crippen LogP contribution >= 0.6 is 0 Å². The van der Waals surface area contributed by atoms with Crippen molar-refractivity contribution in [1.29, 1.82) is 0 Å². The van der Waals surface area contributed by atoms with E-state index in [1.807, 2.05) is 0 Å². The third-order valence-electron chi connectivity index (χ3n) is 5.01. The topological polar surface area (TPSA) is 17.8 Å². The summed E-state index contributed by atoms with van der Waals surface area (Å²) in [5.41, 5.74) is 6.22. The van der Waals surface area contributed by atoms with Gasteiger partial charge in [-0.05, 0) is 38.0 Å². The van der Waals surface area contributed by atoms with Crippen molar-refractivity contribution >= 4 is 11.0 Å². The van der Waals surface area contributed by atoms with Crippen LogP contribution in [0.1, 0.15) is 56.6 Å². The minimum absolute atomic E-state index is 1.05. The second-order valence-electron chi connectivity index (χ2n) is 7.16. The van der Waals surface area contributed by atoms with Gasteiger partial charge in [0.05, 0.1) is 11.0 Å². The summed E-state index contributed by atoms with van der Waals surface area (Å²) in [5.74, 6) is 1.12. The molecule has 0 N–H and O–H groups in total. The smallest absolute Gasteiger partial charge is 0.141 e. The Kier molecular flexibility index (Phi) is 5.91. The molecule has 3 aromatic rings. The molecule has 0 aliphatic carbocycles. The first kappa shape index (κ1) is 17.7. The zero-order chi connectivity index (χ0) is 17.6. The van der Waals surface area contributed by atoms with Crippen molar-refractivity contribution < 1.29 is 0 Å². The van der Waals surface area contributed by atoms with E-state index in [0.717, 1.165) is 17.9 Å². The number of nitrogens with zero attached hydrogens (tertiary/aromatic N) is 2. The number of hydrogen-bond acceptors (Lipinski definition) is 1. The van der Waals surface area contributed by atoms with Gasteiger partial charge in [-0.2, -0.15) is 0 Å². The van der Waals surface area contributed by atoms with E-state index in [1.165, 1.54) is 60.7 Å². The molecule has 1 heterocycles. The average Bonchev–Trinajstić information content (AvgIpc) is 2.96. The van der Waals surface area contributed by atoms with Crippen molar-refractivity contribution in [2.75, 3.05) is 0 Å². The minimum atomic E-state index is 1.05. The predicted molar refractivity (Wildman–Crippen MR) is 108 cm³/mol. The first-order valence-electron chi connectivity index (χ1n) is 9.73. The van der Waals surface area contributed by atoms with Crippen LogP contribution < -0.4 is 0 Å². The van der Waals surface area contributed by atoms with Gasteiger partial charge in [-0.1, -0.05) is 74.9 Å². The summed E-state index contributed by atoms with van der Waals surface area (Å²) < 4.78 is 2.42. The summed E-state index contributed by atoms with van der Waals surface area (Å²) in [7, 11) is 0. The molecular formula is C23H30N2. The van der Waals surface area contributed by atoms with E-state index in [2.05, 4.69) is 67.8 Å². The van der Waals surface area contributed by atoms with Crippen LogP contribution in [0.2, 0.25) is 0 Å². The second kappa shape index (κ2) is 8.33. The largest absolute Gasteiger partial charge is 0.324 e. The monoisotopic (exact) mass is 334 g/mol. The number of aromatic nitrogens is 2. The minimum Gasteiger partial charge on any atom is -0.324 e. The van der Waals surface area contributed by atoms with Crippen LogP contribution in [0, 0.1) is 13.8 Å². The van der Waals surface area contributed by atoms with Crippen LogP contribution in [-0.2, 0) is 6.54 Å². The van der Waals surface area contributed by atoms with E-state index in [-0.39, 0.29) is 0 Å². The zero-order valence-electron chi connectivity index (χ0n) is 15.9. The Morgan fingerprint density at radius 2 is 1.64 bits per heavy atom. The quantitative estimate of drug-likeness (QED) is 0.420. The lowest BCUT2D eigenvalue weighted by atomic mass is 10.1. The normalized spacial score (nSPS) is 11.3. The summed E-state index contributed by atoms with van der Waals surface area (Å²) in [4.78, 5) is 4.96. The lowest BCUT2D eigenvalue weighted by molar-refractivity contribution is 0.566. The van der Waals surface area contributed by atoms with Crippen LogP contribution in [-0.4, -0.2) is 9.55 Å². The molecule has 3 rings (SSSR count). The number of unbranched alkanes of at least 4 members (excludes halogenated alkanes) is 5. The van der Waals surface area contributed by atoms with Crippen LogP contribution in [0.15, 0.2) is 42.5 Å². The van der Waals surface area contributed by atoms with Crippen LogP contribution in [0.3, 0.4) is 0 Å². The molecular weight excluding hydrogens is 304 g/mol. The molecule has 0 bridgehead atoms. The van der Waals surface area contributed by atoms with Crippen molar-refractivity contribution in [3.63, 3.8) is 0 Å². The Bertz CT molecular complexity index is 829.